The van der Waals surface area contributed by atoms with E-state index >= 15 is 0 Å². The van der Waals surface area contributed by atoms with E-state index in [9.17, 15) is 23.5 Å². The van der Waals surface area contributed by atoms with Gasteiger partial charge in [-0.3, -0.25) is 4.79 Å². The van der Waals surface area contributed by atoms with Crippen molar-refractivity contribution >= 4 is 17.6 Å². The number of nitrogens with one attached hydrogen (secondary N) is 3. The lowest BCUT2D eigenvalue weighted by molar-refractivity contribution is -0.125. The van der Waals surface area contributed by atoms with Gasteiger partial charge in [-0.25, -0.2) is 13.6 Å². The van der Waals surface area contributed by atoms with Crippen LogP contribution in [-0.4, -0.2) is 48.7 Å². The number of aliphatic hydroxyl groups is 1. The number of amides is 3. The highest BCUT2D eigenvalue weighted by atomic mass is 19.1. The summed E-state index contributed by atoms with van der Waals surface area (Å²) in [6.07, 6.45) is 1.74. The predicted molar refractivity (Wildman–Crippen MR) is 116 cm³/mol. The smallest absolute Gasteiger partial charge is 0.319 e. The van der Waals surface area contributed by atoms with Crippen LogP contribution in [0.15, 0.2) is 48.6 Å². The molecule has 2 heterocycles. The minimum atomic E-state index is -0.834. The highest BCUT2D eigenvalue weighted by Gasteiger charge is 2.29. The number of rotatable bonds is 7. The Hall–Kier alpha value is -3.70. The molecule has 180 valence electrons. The van der Waals surface area contributed by atoms with Crippen molar-refractivity contribution in [1.82, 2.24) is 10.6 Å². The summed E-state index contributed by atoms with van der Waals surface area (Å²) in [6.45, 7) is 0.0248. The molecule has 0 aromatic heterocycles. The maximum Gasteiger partial charge on any atom is 0.319 e. The van der Waals surface area contributed by atoms with Crippen molar-refractivity contribution in [2.45, 2.75) is 31.2 Å². The van der Waals surface area contributed by atoms with Gasteiger partial charge in [0.2, 0.25) is 12.7 Å². The number of urea groups is 1. The molecule has 0 fully saturated rings. The topological polar surface area (TPSA) is 118 Å². The summed E-state index contributed by atoms with van der Waals surface area (Å²) in [6, 6.07) is 6.52. The zero-order valence-corrected chi connectivity index (χ0v) is 17.9. The van der Waals surface area contributed by atoms with E-state index in [1.165, 1.54) is 0 Å². The number of fused-ring (bicyclic) bond motifs is 1. The molecule has 0 saturated heterocycles. The molecule has 0 aliphatic carbocycles. The zero-order chi connectivity index (χ0) is 24.1. The van der Waals surface area contributed by atoms with E-state index in [2.05, 4.69) is 16.0 Å². The van der Waals surface area contributed by atoms with Crippen LogP contribution in [-0.2, 0) is 16.1 Å². The fraction of sp³-hybridized carbons (Fsp3) is 0.304. The van der Waals surface area contributed by atoms with Crippen LogP contribution in [0.1, 0.15) is 12.0 Å². The standard InChI is InChI=1S/C23H23F2N3O6/c24-14-2-4-16(25)18(8-14)28-23(31)27-17-5-3-15(34-21(17)11-29)9-22(30)26-10-13-1-6-19-20(7-13)33-12-32-19/h1-8,15,17,21,29H,9-12H2,(H,26,30)(H2,27,28,31)/t15-,17+,21+/m1/s1. The SMILES string of the molecule is O=C(C[C@H]1C=C[C@H](NC(=O)Nc2cc(F)ccc2F)[C@H](CO)O1)NCc1ccc2c(c1)OCO2. The van der Waals surface area contributed by atoms with E-state index in [1.807, 2.05) is 6.07 Å². The summed E-state index contributed by atoms with van der Waals surface area (Å²) in [4.78, 5) is 24.5. The molecule has 0 spiro atoms. The quantitative estimate of drug-likeness (QED) is 0.456. The second kappa shape index (κ2) is 10.5. The lowest BCUT2D eigenvalue weighted by Crippen LogP contribution is -2.50. The van der Waals surface area contributed by atoms with Gasteiger partial charge >= 0.3 is 6.03 Å². The minimum absolute atomic E-state index is 0.00493. The second-order valence-corrected chi connectivity index (χ2v) is 7.70. The van der Waals surface area contributed by atoms with Gasteiger partial charge < -0.3 is 35.3 Å². The maximum atomic E-state index is 13.7. The first-order valence-electron chi connectivity index (χ1n) is 10.5. The Kier molecular flexibility index (Phi) is 7.24. The number of benzene rings is 2. The molecule has 0 radical (unpaired) electrons. The van der Waals surface area contributed by atoms with Crippen LogP contribution in [0.25, 0.3) is 0 Å². The first-order valence-corrected chi connectivity index (χ1v) is 10.5. The molecule has 4 N–H and O–H groups in total. The molecule has 34 heavy (non-hydrogen) atoms. The van der Waals surface area contributed by atoms with Crippen LogP contribution < -0.4 is 25.4 Å². The van der Waals surface area contributed by atoms with Gasteiger partial charge in [-0.2, -0.15) is 0 Å². The highest BCUT2D eigenvalue weighted by Crippen LogP contribution is 2.32. The molecule has 3 atom stereocenters. The summed E-state index contributed by atoms with van der Waals surface area (Å²) in [5, 5.41) is 17.2. The monoisotopic (exact) mass is 475 g/mol. The minimum Gasteiger partial charge on any atom is -0.454 e. The van der Waals surface area contributed by atoms with Crippen molar-refractivity contribution in [2.75, 3.05) is 18.7 Å². The van der Waals surface area contributed by atoms with E-state index in [1.54, 1.807) is 24.3 Å². The molecular formula is C23H23F2N3O6. The first kappa shape index (κ1) is 23.5. The van der Waals surface area contributed by atoms with Crippen LogP contribution >= 0.6 is 0 Å². The van der Waals surface area contributed by atoms with E-state index in [0.717, 1.165) is 23.8 Å². The second-order valence-electron chi connectivity index (χ2n) is 7.70. The van der Waals surface area contributed by atoms with Crippen molar-refractivity contribution in [3.63, 3.8) is 0 Å². The fourth-order valence-corrected chi connectivity index (χ4v) is 3.55. The largest absolute Gasteiger partial charge is 0.454 e. The number of halogens is 2. The Morgan fingerprint density at radius 3 is 2.71 bits per heavy atom. The molecule has 4 rings (SSSR count). The Bertz CT molecular complexity index is 1100. The van der Waals surface area contributed by atoms with Gasteiger partial charge in [0, 0.05) is 12.6 Å². The normalized spacial score (nSPS) is 20.6. The molecule has 9 nitrogen and oxygen atoms in total. The van der Waals surface area contributed by atoms with Crippen LogP contribution in [0.5, 0.6) is 11.5 Å². The van der Waals surface area contributed by atoms with Gasteiger partial charge in [0.15, 0.2) is 11.5 Å². The number of hydrogen-bond donors (Lipinski definition) is 4. The lowest BCUT2D eigenvalue weighted by Gasteiger charge is -2.31. The third-order valence-electron chi connectivity index (χ3n) is 5.25. The van der Waals surface area contributed by atoms with Crippen LogP contribution in [0.3, 0.4) is 0 Å². The molecule has 2 aliphatic heterocycles. The van der Waals surface area contributed by atoms with Crippen molar-refractivity contribution in [1.29, 1.82) is 0 Å². The zero-order valence-electron chi connectivity index (χ0n) is 17.9. The van der Waals surface area contributed by atoms with Crippen molar-refractivity contribution in [2.24, 2.45) is 0 Å². The Morgan fingerprint density at radius 2 is 1.88 bits per heavy atom. The number of ether oxygens (including phenoxy) is 3. The molecule has 0 saturated carbocycles. The van der Waals surface area contributed by atoms with Crippen molar-refractivity contribution in [3.05, 3.63) is 65.7 Å². The fourth-order valence-electron chi connectivity index (χ4n) is 3.55. The Balaban J connectivity index is 1.27. The van der Waals surface area contributed by atoms with Crippen molar-refractivity contribution in [3.8, 4) is 11.5 Å². The van der Waals surface area contributed by atoms with E-state index in [4.69, 9.17) is 14.2 Å². The maximum absolute atomic E-state index is 13.7. The summed E-state index contributed by atoms with van der Waals surface area (Å²) in [7, 11) is 0. The number of hydrogen-bond acceptors (Lipinski definition) is 6. The molecule has 2 aromatic carbocycles. The first-order chi connectivity index (χ1) is 16.4. The van der Waals surface area contributed by atoms with Gasteiger partial charge in [-0.05, 0) is 29.8 Å². The van der Waals surface area contributed by atoms with Gasteiger partial charge in [-0.15, -0.1) is 0 Å². The van der Waals surface area contributed by atoms with E-state index < -0.39 is 42.5 Å². The molecule has 11 heteroatoms. The number of anilines is 1. The van der Waals surface area contributed by atoms with Gasteiger partial charge in [0.1, 0.15) is 17.7 Å². The van der Waals surface area contributed by atoms with Crippen LogP contribution in [0.4, 0.5) is 19.3 Å². The number of carbonyl (C=O) groups excluding carboxylic acids is 2. The molecular weight excluding hydrogens is 452 g/mol. The number of aliphatic hydroxyl groups excluding tert-OH is 1. The third-order valence-corrected chi connectivity index (χ3v) is 5.25. The highest BCUT2D eigenvalue weighted by molar-refractivity contribution is 5.89. The molecule has 0 bridgehead atoms. The molecule has 2 aliphatic rings. The summed E-state index contributed by atoms with van der Waals surface area (Å²) in [5.74, 6) is -0.486. The van der Waals surface area contributed by atoms with Gasteiger partial charge in [0.25, 0.3) is 0 Å². The average Bonchev–Trinajstić information content (AvgIpc) is 3.29. The van der Waals surface area contributed by atoms with Gasteiger partial charge in [0.05, 0.1) is 30.9 Å². The van der Waals surface area contributed by atoms with Crippen LogP contribution in [0.2, 0.25) is 0 Å². The average molecular weight is 475 g/mol. The summed E-state index contributed by atoms with van der Waals surface area (Å²) >= 11 is 0. The van der Waals surface area contributed by atoms with Gasteiger partial charge in [-0.1, -0.05) is 18.2 Å². The molecule has 0 unspecified atom stereocenters. The Morgan fingerprint density at radius 1 is 1.06 bits per heavy atom. The Labute approximate surface area is 193 Å². The summed E-state index contributed by atoms with van der Waals surface area (Å²) < 4.78 is 43.3. The number of carbonyl (C=O) groups is 2. The van der Waals surface area contributed by atoms with E-state index in [-0.39, 0.29) is 31.4 Å². The van der Waals surface area contributed by atoms with Crippen LogP contribution in [0, 0.1) is 11.6 Å². The lowest BCUT2D eigenvalue weighted by atomic mass is 10.0. The predicted octanol–water partition coefficient (Wildman–Crippen LogP) is 2.21. The summed E-state index contributed by atoms with van der Waals surface area (Å²) in [5.41, 5.74) is 0.520. The molecule has 2 aromatic rings. The third kappa shape index (κ3) is 5.80. The molecule has 3 amide bonds. The van der Waals surface area contributed by atoms with Crippen molar-refractivity contribution < 1.29 is 37.7 Å². The van der Waals surface area contributed by atoms with E-state index in [0.29, 0.717) is 11.5 Å².